The molecule has 1 aromatic heterocycles. The van der Waals surface area contributed by atoms with Crippen LogP contribution in [0.3, 0.4) is 0 Å². The van der Waals surface area contributed by atoms with Crippen molar-refractivity contribution in [1.82, 2.24) is 10.0 Å². The van der Waals surface area contributed by atoms with E-state index in [1.54, 1.807) is 5.06 Å². The van der Waals surface area contributed by atoms with Crippen LogP contribution in [0.1, 0.15) is 17.3 Å². The summed E-state index contributed by atoms with van der Waals surface area (Å²) < 4.78 is 9.62. The molecule has 0 amide bonds. The second-order valence-corrected chi connectivity index (χ2v) is 5.67. The molecule has 0 aliphatic carbocycles. The molecule has 0 bridgehead atoms. The van der Waals surface area contributed by atoms with E-state index in [4.69, 9.17) is 14.3 Å². The zero-order valence-corrected chi connectivity index (χ0v) is 13.3. The highest BCUT2D eigenvalue weighted by Crippen LogP contribution is 2.44. The van der Waals surface area contributed by atoms with E-state index in [9.17, 15) is 9.59 Å². The molecule has 0 radical (unpaired) electrons. The number of nitrogens with zero attached hydrogens (tertiary/aromatic N) is 1. The summed E-state index contributed by atoms with van der Waals surface area (Å²) in [5.74, 6) is -1.40. The molecule has 1 N–H and O–H groups in total. The average molecular weight is 328 g/mol. The lowest BCUT2D eigenvalue weighted by Gasteiger charge is -2.28. The summed E-state index contributed by atoms with van der Waals surface area (Å²) in [5.41, 5.74) is 3.13. The molecular formula is C17H16N2O5. The highest BCUT2D eigenvalue weighted by molar-refractivity contribution is 6.01. The Morgan fingerprint density at radius 3 is 2.71 bits per heavy atom. The number of hydroxylamine groups is 2. The number of H-pyrrole nitrogens is 1. The van der Waals surface area contributed by atoms with Gasteiger partial charge in [-0.3, -0.25) is 0 Å². The zero-order valence-electron chi connectivity index (χ0n) is 13.3. The summed E-state index contributed by atoms with van der Waals surface area (Å²) in [7, 11) is 2.53. The topological polar surface area (TPSA) is 80.9 Å². The van der Waals surface area contributed by atoms with Crippen LogP contribution >= 0.6 is 0 Å². The first-order valence-electron chi connectivity index (χ1n) is 7.60. The number of methoxy groups -OCH3 is 2. The van der Waals surface area contributed by atoms with E-state index >= 15 is 0 Å². The van der Waals surface area contributed by atoms with Crippen LogP contribution in [0, 0.1) is 0 Å². The summed E-state index contributed by atoms with van der Waals surface area (Å²) in [4.78, 5) is 33.3. The van der Waals surface area contributed by atoms with Crippen LogP contribution in [0.25, 0.3) is 10.9 Å². The SMILES string of the molecule is COC(=O)C1=C(C(=O)OC)C2c3[nH]c4ccccc4c3CCN2O1. The summed E-state index contributed by atoms with van der Waals surface area (Å²) in [6.07, 6.45) is 0.749. The van der Waals surface area contributed by atoms with Gasteiger partial charge in [0.05, 0.1) is 14.2 Å². The van der Waals surface area contributed by atoms with Gasteiger partial charge < -0.3 is 19.3 Å². The molecule has 3 heterocycles. The number of fused-ring (bicyclic) bond motifs is 5. The number of hydrogen-bond donors (Lipinski definition) is 1. The van der Waals surface area contributed by atoms with Crippen LogP contribution in [0.2, 0.25) is 0 Å². The first kappa shape index (κ1) is 14.8. The Morgan fingerprint density at radius 1 is 1.21 bits per heavy atom. The number of aromatic amines is 1. The maximum absolute atomic E-state index is 12.3. The van der Waals surface area contributed by atoms with Crippen molar-refractivity contribution >= 4 is 22.8 Å². The van der Waals surface area contributed by atoms with E-state index in [0.717, 1.165) is 28.6 Å². The number of aromatic nitrogens is 1. The molecule has 0 spiro atoms. The predicted octanol–water partition coefficient (Wildman–Crippen LogP) is 1.61. The normalized spacial score (nSPS) is 19.7. The van der Waals surface area contributed by atoms with Gasteiger partial charge in [-0.2, -0.15) is 0 Å². The smallest absolute Gasteiger partial charge is 0.376 e. The number of ether oxygens (including phenoxy) is 2. The van der Waals surface area contributed by atoms with Gasteiger partial charge in [0.2, 0.25) is 5.76 Å². The van der Waals surface area contributed by atoms with E-state index in [1.165, 1.54) is 14.2 Å². The molecule has 2 aromatic rings. The first-order chi connectivity index (χ1) is 11.7. The summed E-state index contributed by atoms with van der Waals surface area (Å²) in [6.45, 7) is 0.556. The Labute approximate surface area is 137 Å². The molecule has 1 atom stereocenters. The average Bonchev–Trinajstić information content (AvgIpc) is 3.18. The molecule has 1 aromatic carbocycles. The van der Waals surface area contributed by atoms with Gasteiger partial charge >= 0.3 is 11.9 Å². The second-order valence-electron chi connectivity index (χ2n) is 5.67. The van der Waals surface area contributed by atoms with Gasteiger partial charge in [-0.15, -0.1) is 5.06 Å². The molecule has 0 saturated carbocycles. The molecule has 0 fully saturated rings. The Hall–Kier alpha value is -2.80. The van der Waals surface area contributed by atoms with E-state index in [-0.39, 0.29) is 11.3 Å². The third-order valence-corrected chi connectivity index (χ3v) is 4.49. The molecule has 7 nitrogen and oxygen atoms in total. The summed E-state index contributed by atoms with van der Waals surface area (Å²) in [6, 6.07) is 7.44. The number of esters is 2. The zero-order chi connectivity index (χ0) is 16.8. The van der Waals surface area contributed by atoms with Crippen molar-refractivity contribution in [3.05, 3.63) is 46.9 Å². The maximum atomic E-state index is 12.3. The second kappa shape index (κ2) is 5.38. The lowest BCUT2D eigenvalue weighted by atomic mass is 9.94. The Bertz CT molecular complexity index is 882. The standard InChI is InChI=1S/C17H16N2O5/c1-22-16(20)12-14-13-10(9-5-3-4-6-11(9)18-13)7-8-19(14)24-15(12)17(21)23-2/h3-6,14,18H,7-8H2,1-2H3. The van der Waals surface area contributed by atoms with Crippen LogP contribution in [-0.4, -0.2) is 42.8 Å². The molecule has 24 heavy (non-hydrogen) atoms. The number of para-hydroxylation sites is 1. The quantitative estimate of drug-likeness (QED) is 0.844. The van der Waals surface area contributed by atoms with Gasteiger partial charge in [-0.05, 0) is 18.1 Å². The largest absolute Gasteiger partial charge is 0.465 e. The minimum atomic E-state index is -0.692. The lowest BCUT2D eigenvalue weighted by Crippen LogP contribution is -2.33. The van der Waals surface area contributed by atoms with Gasteiger partial charge in [-0.25, -0.2) is 9.59 Å². The number of carbonyl (C=O) groups is 2. The lowest BCUT2D eigenvalue weighted by molar-refractivity contribution is -0.159. The van der Waals surface area contributed by atoms with Gasteiger partial charge in [-0.1, -0.05) is 18.2 Å². The van der Waals surface area contributed by atoms with Crippen LogP contribution in [-0.2, 0) is 30.3 Å². The van der Waals surface area contributed by atoms with Crippen LogP contribution in [0.5, 0.6) is 0 Å². The molecule has 4 rings (SSSR count). The molecular weight excluding hydrogens is 312 g/mol. The van der Waals surface area contributed by atoms with E-state index in [0.29, 0.717) is 6.54 Å². The fourth-order valence-electron chi connectivity index (χ4n) is 3.45. The van der Waals surface area contributed by atoms with Crippen LogP contribution in [0.4, 0.5) is 0 Å². The van der Waals surface area contributed by atoms with Crippen LogP contribution < -0.4 is 0 Å². The van der Waals surface area contributed by atoms with E-state index in [1.807, 2.05) is 24.3 Å². The molecule has 7 heteroatoms. The molecule has 1 unspecified atom stereocenters. The third kappa shape index (κ3) is 1.94. The minimum Gasteiger partial charge on any atom is -0.465 e. The number of hydrogen-bond acceptors (Lipinski definition) is 6. The van der Waals surface area contributed by atoms with Gasteiger partial charge in [0.1, 0.15) is 11.6 Å². The van der Waals surface area contributed by atoms with Crippen molar-refractivity contribution < 1.29 is 23.9 Å². The number of rotatable bonds is 2. The Balaban J connectivity index is 1.91. The Kier molecular flexibility index (Phi) is 3.31. The highest BCUT2D eigenvalue weighted by atomic mass is 16.7. The van der Waals surface area contributed by atoms with Gasteiger partial charge in [0, 0.05) is 23.1 Å². The van der Waals surface area contributed by atoms with Crippen LogP contribution in [0.15, 0.2) is 35.6 Å². The summed E-state index contributed by atoms with van der Waals surface area (Å²) >= 11 is 0. The fourth-order valence-corrected chi connectivity index (χ4v) is 3.45. The Morgan fingerprint density at radius 2 is 1.96 bits per heavy atom. The molecule has 124 valence electrons. The van der Waals surface area contributed by atoms with Crippen molar-refractivity contribution in [1.29, 1.82) is 0 Å². The molecule has 0 saturated heterocycles. The van der Waals surface area contributed by atoms with E-state index in [2.05, 4.69) is 4.98 Å². The van der Waals surface area contributed by atoms with Crippen molar-refractivity contribution in [2.24, 2.45) is 0 Å². The number of nitrogens with one attached hydrogen (secondary N) is 1. The minimum absolute atomic E-state index is 0.110. The maximum Gasteiger partial charge on any atom is 0.376 e. The summed E-state index contributed by atoms with van der Waals surface area (Å²) in [5, 5.41) is 2.74. The van der Waals surface area contributed by atoms with Crippen molar-refractivity contribution in [2.75, 3.05) is 20.8 Å². The number of carbonyl (C=O) groups excluding carboxylic acids is 2. The van der Waals surface area contributed by atoms with E-state index < -0.39 is 18.0 Å². The fraction of sp³-hybridized carbons (Fsp3) is 0.294. The molecule has 2 aliphatic rings. The van der Waals surface area contributed by atoms with Crippen molar-refractivity contribution in [3.8, 4) is 0 Å². The third-order valence-electron chi connectivity index (χ3n) is 4.49. The van der Waals surface area contributed by atoms with Crippen molar-refractivity contribution in [3.63, 3.8) is 0 Å². The van der Waals surface area contributed by atoms with Gasteiger partial charge in [0.15, 0.2) is 0 Å². The van der Waals surface area contributed by atoms with Crippen molar-refractivity contribution in [2.45, 2.75) is 12.5 Å². The molecule has 2 aliphatic heterocycles. The first-order valence-corrected chi connectivity index (χ1v) is 7.60. The number of benzene rings is 1. The highest BCUT2D eigenvalue weighted by Gasteiger charge is 2.47. The van der Waals surface area contributed by atoms with Gasteiger partial charge in [0.25, 0.3) is 0 Å². The predicted molar refractivity (Wildman–Crippen MR) is 83.6 cm³/mol. The monoisotopic (exact) mass is 328 g/mol.